The molecular formula is C17H11Cl2IN2O3S. The predicted molar refractivity (Wildman–Crippen MR) is 115 cm³/mol. The molecule has 0 aliphatic carbocycles. The summed E-state index contributed by atoms with van der Waals surface area (Å²) in [7, 11) is 1.47. The highest BCUT2D eigenvalue weighted by molar-refractivity contribution is 14.1. The first kappa shape index (κ1) is 19.3. The highest BCUT2D eigenvalue weighted by Crippen LogP contribution is 2.35. The largest absolute Gasteiger partial charge is 0.504 e. The lowest BCUT2D eigenvalue weighted by atomic mass is 10.2. The molecule has 26 heavy (non-hydrogen) atoms. The SMILES string of the molecule is COc1cc(/C=C2/SC(=Nc3ccc(Cl)c(Cl)c3)NC2=O)cc(I)c1O. The van der Waals surface area contributed by atoms with Crippen LogP contribution in [0.4, 0.5) is 5.69 Å². The van der Waals surface area contributed by atoms with Crippen LogP contribution in [0.2, 0.25) is 10.0 Å². The lowest BCUT2D eigenvalue weighted by Gasteiger charge is -2.06. The van der Waals surface area contributed by atoms with Crippen molar-refractivity contribution in [3.8, 4) is 11.5 Å². The van der Waals surface area contributed by atoms with Crippen molar-refractivity contribution in [1.29, 1.82) is 0 Å². The maximum Gasteiger partial charge on any atom is 0.264 e. The standard InChI is InChI=1S/C17H11Cl2IN2O3S/c1-25-13-5-8(4-12(20)15(13)23)6-14-16(24)22-17(26-14)21-9-2-3-10(18)11(19)7-9/h2-7,23H,1H3,(H,21,22,24)/b14-6+. The second-order valence-corrected chi connectivity index (χ2v) is 8.14. The van der Waals surface area contributed by atoms with E-state index in [0.29, 0.717) is 35.1 Å². The lowest BCUT2D eigenvalue weighted by Crippen LogP contribution is -2.19. The fourth-order valence-corrected chi connectivity index (χ4v) is 3.90. The monoisotopic (exact) mass is 520 g/mol. The summed E-state index contributed by atoms with van der Waals surface area (Å²) < 4.78 is 5.77. The molecule has 0 bridgehead atoms. The first-order valence-corrected chi connectivity index (χ1v) is 9.83. The summed E-state index contributed by atoms with van der Waals surface area (Å²) in [4.78, 5) is 17.0. The molecule has 0 saturated carbocycles. The number of methoxy groups -OCH3 is 1. The Morgan fingerprint density at radius 3 is 2.73 bits per heavy atom. The Labute approximate surface area is 177 Å². The zero-order valence-corrected chi connectivity index (χ0v) is 17.7. The molecule has 9 heteroatoms. The number of rotatable bonds is 3. The van der Waals surface area contributed by atoms with Gasteiger partial charge in [-0.2, -0.15) is 0 Å². The van der Waals surface area contributed by atoms with Gasteiger partial charge >= 0.3 is 0 Å². The number of amides is 1. The van der Waals surface area contributed by atoms with Gasteiger partial charge in [0.1, 0.15) is 0 Å². The Bertz CT molecular complexity index is 963. The third kappa shape index (κ3) is 4.28. The van der Waals surface area contributed by atoms with Crippen LogP contribution in [-0.4, -0.2) is 23.3 Å². The average Bonchev–Trinajstić information content (AvgIpc) is 2.93. The van der Waals surface area contributed by atoms with Crippen molar-refractivity contribution in [1.82, 2.24) is 5.32 Å². The Morgan fingerprint density at radius 1 is 1.27 bits per heavy atom. The van der Waals surface area contributed by atoms with E-state index in [9.17, 15) is 9.90 Å². The van der Waals surface area contributed by atoms with Gasteiger partial charge in [0.2, 0.25) is 0 Å². The molecule has 1 heterocycles. The van der Waals surface area contributed by atoms with E-state index >= 15 is 0 Å². The maximum absolute atomic E-state index is 12.2. The number of phenolic OH excluding ortho intramolecular Hbond substituents is 1. The van der Waals surface area contributed by atoms with Crippen LogP contribution in [-0.2, 0) is 4.79 Å². The molecule has 1 fully saturated rings. The number of halogens is 3. The van der Waals surface area contributed by atoms with Crippen molar-refractivity contribution in [2.75, 3.05) is 7.11 Å². The summed E-state index contributed by atoms with van der Waals surface area (Å²) >= 11 is 15.1. The highest BCUT2D eigenvalue weighted by Gasteiger charge is 2.24. The number of thioether (sulfide) groups is 1. The van der Waals surface area contributed by atoms with E-state index < -0.39 is 0 Å². The van der Waals surface area contributed by atoms with Gasteiger partial charge in [-0.25, -0.2) is 4.99 Å². The van der Waals surface area contributed by atoms with Gasteiger partial charge in [-0.3, -0.25) is 4.79 Å². The van der Waals surface area contributed by atoms with E-state index in [2.05, 4.69) is 10.3 Å². The van der Waals surface area contributed by atoms with Gasteiger partial charge in [0.25, 0.3) is 5.91 Å². The zero-order chi connectivity index (χ0) is 18.8. The molecule has 1 aliphatic rings. The van der Waals surface area contributed by atoms with Gasteiger partial charge in [0, 0.05) is 0 Å². The molecule has 5 nitrogen and oxygen atoms in total. The van der Waals surface area contributed by atoms with Crippen molar-refractivity contribution in [2.24, 2.45) is 4.99 Å². The van der Waals surface area contributed by atoms with Crippen LogP contribution in [0.15, 0.2) is 40.2 Å². The fourth-order valence-electron chi connectivity index (χ4n) is 2.14. The van der Waals surface area contributed by atoms with Gasteiger partial charge in [-0.15, -0.1) is 0 Å². The lowest BCUT2D eigenvalue weighted by molar-refractivity contribution is -0.115. The van der Waals surface area contributed by atoms with Crippen LogP contribution in [0.3, 0.4) is 0 Å². The maximum atomic E-state index is 12.2. The number of aliphatic imine (C=N–C) groups is 1. The van der Waals surface area contributed by atoms with Crippen LogP contribution in [0, 0.1) is 3.57 Å². The average molecular weight is 521 g/mol. The summed E-state index contributed by atoms with van der Waals surface area (Å²) in [6.45, 7) is 0. The molecular weight excluding hydrogens is 510 g/mol. The first-order chi connectivity index (χ1) is 12.4. The Kier molecular flexibility index (Phi) is 6.01. The number of benzene rings is 2. The topological polar surface area (TPSA) is 70.9 Å². The zero-order valence-electron chi connectivity index (χ0n) is 13.2. The molecule has 0 radical (unpaired) electrons. The Morgan fingerprint density at radius 2 is 2.04 bits per heavy atom. The van der Waals surface area contributed by atoms with Crippen molar-refractivity contribution in [2.45, 2.75) is 0 Å². The van der Waals surface area contributed by atoms with Gasteiger partial charge in [0.05, 0.1) is 31.3 Å². The molecule has 2 aromatic carbocycles. The number of carbonyl (C=O) groups excluding carboxylic acids is 1. The fraction of sp³-hybridized carbons (Fsp3) is 0.0588. The normalized spacial score (nSPS) is 17.0. The molecule has 0 unspecified atom stereocenters. The van der Waals surface area contributed by atoms with Crippen LogP contribution in [0.5, 0.6) is 11.5 Å². The molecule has 1 saturated heterocycles. The summed E-state index contributed by atoms with van der Waals surface area (Å²) in [5, 5.41) is 13.9. The number of hydrogen-bond acceptors (Lipinski definition) is 5. The van der Waals surface area contributed by atoms with E-state index in [1.165, 1.54) is 18.9 Å². The molecule has 0 atom stereocenters. The number of aromatic hydroxyl groups is 1. The van der Waals surface area contributed by atoms with E-state index in [1.807, 2.05) is 22.6 Å². The van der Waals surface area contributed by atoms with Crippen molar-refractivity contribution in [3.63, 3.8) is 0 Å². The van der Waals surface area contributed by atoms with E-state index in [1.54, 1.807) is 36.4 Å². The summed E-state index contributed by atoms with van der Waals surface area (Å²) in [6.07, 6.45) is 1.71. The first-order valence-electron chi connectivity index (χ1n) is 7.18. The van der Waals surface area contributed by atoms with E-state index in [4.69, 9.17) is 27.9 Å². The molecule has 1 amide bonds. The molecule has 3 rings (SSSR count). The number of carbonyl (C=O) groups is 1. The third-order valence-corrected chi connectivity index (χ3v) is 5.82. The molecule has 134 valence electrons. The molecule has 2 N–H and O–H groups in total. The minimum absolute atomic E-state index is 0.0700. The second-order valence-electron chi connectivity index (χ2n) is 5.13. The summed E-state index contributed by atoms with van der Waals surface area (Å²) in [5.74, 6) is 0.161. The predicted octanol–water partition coefficient (Wildman–Crippen LogP) is 5.20. The molecule has 0 aromatic heterocycles. The van der Waals surface area contributed by atoms with E-state index in [-0.39, 0.29) is 11.7 Å². The Balaban J connectivity index is 1.88. The van der Waals surface area contributed by atoms with Crippen LogP contribution < -0.4 is 10.1 Å². The Hall–Kier alpha value is -1.42. The van der Waals surface area contributed by atoms with Gasteiger partial charge in [0.15, 0.2) is 16.7 Å². The minimum Gasteiger partial charge on any atom is -0.504 e. The number of nitrogens with zero attached hydrogens (tertiary/aromatic N) is 1. The van der Waals surface area contributed by atoms with E-state index in [0.717, 1.165) is 5.56 Å². The summed E-state index contributed by atoms with van der Waals surface area (Å²) in [6, 6.07) is 8.40. The van der Waals surface area contributed by atoms with Crippen LogP contribution in [0.1, 0.15) is 5.56 Å². The third-order valence-electron chi connectivity index (χ3n) is 3.35. The minimum atomic E-state index is -0.254. The van der Waals surface area contributed by atoms with Crippen LogP contribution >= 0.6 is 57.6 Å². The molecule has 1 aliphatic heterocycles. The van der Waals surface area contributed by atoms with Gasteiger partial charge < -0.3 is 15.2 Å². The second kappa shape index (κ2) is 8.08. The summed E-state index contributed by atoms with van der Waals surface area (Å²) in [5.41, 5.74) is 1.32. The van der Waals surface area contributed by atoms with Crippen molar-refractivity contribution < 1.29 is 14.6 Å². The number of nitrogens with one attached hydrogen (secondary N) is 1. The number of phenols is 1. The van der Waals surface area contributed by atoms with Gasteiger partial charge in [-0.05, 0) is 76.3 Å². The van der Waals surface area contributed by atoms with Crippen LogP contribution in [0.25, 0.3) is 6.08 Å². The quantitative estimate of drug-likeness (QED) is 0.431. The number of hydrogen-bond donors (Lipinski definition) is 2. The smallest absolute Gasteiger partial charge is 0.264 e. The van der Waals surface area contributed by atoms with Crippen molar-refractivity contribution in [3.05, 3.63) is 54.4 Å². The number of amidine groups is 1. The molecule has 0 spiro atoms. The molecule has 2 aromatic rings. The van der Waals surface area contributed by atoms with Crippen molar-refractivity contribution >= 4 is 80.4 Å². The highest BCUT2D eigenvalue weighted by atomic mass is 127. The number of ether oxygens (including phenoxy) is 1. The van der Waals surface area contributed by atoms with Gasteiger partial charge in [-0.1, -0.05) is 23.2 Å².